The average molecular weight is 305 g/mol. The summed E-state index contributed by atoms with van der Waals surface area (Å²) in [5.74, 6) is 0.668. The van der Waals surface area contributed by atoms with Crippen LogP contribution in [-0.4, -0.2) is 24.7 Å². The van der Waals surface area contributed by atoms with Gasteiger partial charge in [-0.25, -0.2) is 0 Å². The Labute approximate surface area is 128 Å². The van der Waals surface area contributed by atoms with E-state index in [0.29, 0.717) is 23.4 Å². The molecule has 110 valence electrons. The number of nitrogens with zero attached hydrogens (tertiary/aromatic N) is 1. The lowest BCUT2D eigenvalue weighted by Gasteiger charge is -2.22. The fourth-order valence-electron chi connectivity index (χ4n) is 2.81. The second kappa shape index (κ2) is 5.04. The summed E-state index contributed by atoms with van der Waals surface area (Å²) >= 11 is 6.30. The van der Waals surface area contributed by atoms with Crippen LogP contribution in [0.15, 0.2) is 12.1 Å². The van der Waals surface area contributed by atoms with Crippen LogP contribution in [0.1, 0.15) is 24.1 Å². The topological polar surface area (TPSA) is 43.4 Å². The fourth-order valence-corrected chi connectivity index (χ4v) is 3.05. The van der Waals surface area contributed by atoms with Gasteiger partial charge in [0.2, 0.25) is 0 Å². The molecule has 2 heterocycles. The number of hydrogen-bond donors (Lipinski definition) is 1. The zero-order chi connectivity index (χ0) is 14.4. The first-order valence-corrected chi connectivity index (χ1v) is 7.67. The van der Waals surface area contributed by atoms with Crippen molar-refractivity contribution in [3.63, 3.8) is 0 Å². The van der Waals surface area contributed by atoms with Gasteiger partial charge in [0.25, 0.3) is 0 Å². The van der Waals surface area contributed by atoms with Crippen molar-refractivity contribution in [3.05, 3.63) is 28.4 Å². The van der Waals surface area contributed by atoms with E-state index in [1.54, 1.807) is 7.11 Å². The largest absolute Gasteiger partial charge is 0.495 e. The lowest BCUT2D eigenvalue weighted by Crippen LogP contribution is -2.16. The summed E-state index contributed by atoms with van der Waals surface area (Å²) in [6.07, 6.45) is 3.31. The van der Waals surface area contributed by atoms with Crippen molar-refractivity contribution < 1.29 is 9.47 Å². The van der Waals surface area contributed by atoms with E-state index in [-0.39, 0.29) is 0 Å². The maximum absolute atomic E-state index is 6.30. The van der Waals surface area contributed by atoms with E-state index < -0.39 is 0 Å². The first kappa shape index (κ1) is 13.2. The maximum atomic E-state index is 6.30. The van der Waals surface area contributed by atoms with Gasteiger partial charge < -0.3 is 14.8 Å². The SMILES string of the molecule is COc1cc2nc3c(c(NC4CC4)c2cc1Cl)COCC3. The normalized spacial score (nSPS) is 17.6. The number of benzene rings is 1. The number of anilines is 1. The van der Waals surface area contributed by atoms with Crippen LogP contribution in [0.5, 0.6) is 5.75 Å². The van der Waals surface area contributed by atoms with Crippen molar-refractivity contribution in [1.29, 1.82) is 0 Å². The van der Waals surface area contributed by atoms with Crippen LogP contribution in [0.4, 0.5) is 5.69 Å². The van der Waals surface area contributed by atoms with Gasteiger partial charge in [0.1, 0.15) is 5.75 Å². The number of hydrogen-bond acceptors (Lipinski definition) is 4. The molecule has 1 N–H and O–H groups in total. The Bertz CT molecular complexity index is 713. The fraction of sp³-hybridized carbons (Fsp3) is 0.438. The Morgan fingerprint density at radius 3 is 3.00 bits per heavy atom. The van der Waals surface area contributed by atoms with Crippen molar-refractivity contribution in [3.8, 4) is 5.75 Å². The minimum absolute atomic E-state index is 0.572. The average Bonchev–Trinajstić information content (AvgIpc) is 3.31. The number of ether oxygens (including phenoxy) is 2. The molecular formula is C16H17ClN2O2. The minimum atomic E-state index is 0.572. The Morgan fingerprint density at radius 1 is 1.38 bits per heavy atom. The third-order valence-corrected chi connectivity index (χ3v) is 4.40. The molecule has 2 aliphatic rings. The molecule has 0 unspecified atom stereocenters. The molecule has 0 amide bonds. The van der Waals surface area contributed by atoms with Gasteiger partial charge in [-0.15, -0.1) is 0 Å². The molecule has 1 aromatic carbocycles. The predicted molar refractivity (Wildman–Crippen MR) is 83.3 cm³/mol. The highest BCUT2D eigenvalue weighted by atomic mass is 35.5. The zero-order valence-electron chi connectivity index (χ0n) is 11.9. The van der Waals surface area contributed by atoms with Gasteiger partial charge in [0, 0.05) is 29.5 Å². The number of methoxy groups -OCH3 is 1. The molecule has 4 nitrogen and oxygen atoms in total. The van der Waals surface area contributed by atoms with Crippen molar-refractivity contribution in [2.24, 2.45) is 0 Å². The molecule has 1 aromatic heterocycles. The Morgan fingerprint density at radius 2 is 2.24 bits per heavy atom. The number of pyridine rings is 1. The van der Waals surface area contributed by atoms with Crippen LogP contribution in [0.2, 0.25) is 5.02 Å². The third kappa shape index (κ3) is 2.32. The molecule has 0 radical (unpaired) electrons. The van der Waals surface area contributed by atoms with E-state index in [1.165, 1.54) is 18.4 Å². The molecule has 21 heavy (non-hydrogen) atoms. The number of aromatic nitrogens is 1. The van der Waals surface area contributed by atoms with Crippen molar-refractivity contribution in [2.45, 2.75) is 31.9 Å². The molecule has 0 spiro atoms. The highest BCUT2D eigenvalue weighted by molar-refractivity contribution is 6.33. The minimum Gasteiger partial charge on any atom is -0.495 e. The van der Waals surface area contributed by atoms with E-state index in [1.807, 2.05) is 12.1 Å². The van der Waals surface area contributed by atoms with E-state index >= 15 is 0 Å². The number of fused-ring (bicyclic) bond motifs is 2. The van der Waals surface area contributed by atoms with Gasteiger partial charge in [-0.05, 0) is 18.9 Å². The Kier molecular flexibility index (Phi) is 3.16. The van der Waals surface area contributed by atoms with Gasteiger partial charge in [-0.3, -0.25) is 4.98 Å². The van der Waals surface area contributed by atoms with Crippen molar-refractivity contribution in [1.82, 2.24) is 4.98 Å². The molecule has 1 saturated carbocycles. The summed E-state index contributed by atoms with van der Waals surface area (Å²) in [4.78, 5) is 4.80. The molecule has 1 aliphatic carbocycles. The molecule has 0 saturated heterocycles. The summed E-state index contributed by atoms with van der Waals surface area (Å²) < 4.78 is 10.9. The van der Waals surface area contributed by atoms with Crippen molar-refractivity contribution in [2.75, 3.05) is 19.0 Å². The molecule has 1 fully saturated rings. The van der Waals surface area contributed by atoms with Crippen LogP contribution in [0, 0.1) is 0 Å². The van der Waals surface area contributed by atoms with Gasteiger partial charge >= 0.3 is 0 Å². The van der Waals surface area contributed by atoms with Gasteiger partial charge in [-0.1, -0.05) is 11.6 Å². The standard InChI is InChI=1S/C16H17ClN2O2/c1-20-15-7-14-10(6-12(15)17)16(18-9-2-3-9)11-8-21-5-4-13(11)19-14/h6-7,9H,2-5,8H2,1H3,(H,18,19). The van der Waals surface area contributed by atoms with E-state index in [4.69, 9.17) is 26.1 Å². The molecule has 0 atom stereocenters. The van der Waals surface area contributed by atoms with Crippen LogP contribution in [0.3, 0.4) is 0 Å². The molecule has 5 heteroatoms. The van der Waals surface area contributed by atoms with Crippen LogP contribution in [0.25, 0.3) is 10.9 Å². The predicted octanol–water partition coefficient (Wildman–Crippen LogP) is 3.54. The summed E-state index contributed by atoms with van der Waals surface area (Å²) in [6.45, 7) is 1.36. The molecule has 2 aromatic rings. The highest BCUT2D eigenvalue weighted by Gasteiger charge is 2.26. The lowest BCUT2D eigenvalue weighted by molar-refractivity contribution is 0.110. The number of nitrogens with one attached hydrogen (secondary N) is 1. The summed E-state index contributed by atoms with van der Waals surface area (Å²) in [6, 6.07) is 4.44. The van der Waals surface area contributed by atoms with E-state index in [9.17, 15) is 0 Å². The Balaban J connectivity index is 1.96. The maximum Gasteiger partial charge on any atom is 0.139 e. The molecular weight excluding hydrogens is 288 g/mol. The third-order valence-electron chi connectivity index (χ3n) is 4.10. The van der Waals surface area contributed by atoms with Crippen LogP contribution < -0.4 is 10.1 Å². The van der Waals surface area contributed by atoms with E-state index in [2.05, 4.69) is 5.32 Å². The highest BCUT2D eigenvalue weighted by Crippen LogP contribution is 2.39. The quantitative estimate of drug-likeness (QED) is 0.942. The molecule has 0 bridgehead atoms. The van der Waals surface area contributed by atoms with Gasteiger partial charge in [0.05, 0.1) is 42.2 Å². The summed E-state index contributed by atoms with van der Waals surface area (Å²) in [5.41, 5.74) is 4.38. The van der Waals surface area contributed by atoms with Crippen LogP contribution >= 0.6 is 11.6 Å². The monoisotopic (exact) mass is 304 g/mol. The van der Waals surface area contributed by atoms with Crippen molar-refractivity contribution >= 4 is 28.2 Å². The first-order chi connectivity index (χ1) is 10.3. The zero-order valence-corrected chi connectivity index (χ0v) is 12.7. The second-order valence-corrected chi connectivity index (χ2v) is 6.04. The Hall–Kier alpha value is -1.52. The van der Waals surface area contributed by atoms with Gasteiger partial charge in [-0.2, -0.15) is 0 Å². The first-order valence-electron chi connectivity index (χ1n) is 7.29. The molecule has 4 rings (SSSR count). The number of halogens is 1. The lowest BCUT2D eigenvalue weighted by atomic mass is 10.0. The number of rotatable bonds is 3. The van der Waals surface area contributed by atoms with E-state index in [0.717, 1.165) is 35.3 Å². The van der Waals surface area contributed by atoms with Crippen LogP contribution in [-0.2, 0) is 17.8 Å². The second-order valence-electron chi connectivity index (χ2n) is 5.64. The van der Waals surface area contributed by atoms with Gasteiger partial charge in [0.15, 0.2) is 0 Å². The summed E-state index contributed by atoms with van der Waals surface area (Å²) in [7, 11) is 1.63. The molecule has 1 aliphatic heterocycles. The smallest absolute Gasteiger partial charge is 0.139 e. The summed E-state index contributed by atoms with van der Waals surface area (Å²) in [5, 5.41) is 5.30.